The standard InChI is InChI=1S/C24H22ClN5O2/c1-14(29-23-21-19(31)10-11-26-22(21)27-13-28-23)18-12-15-6-5-9-17(25)20(15)24(32)30(18)16-7-3-2-4-8-16/h2-9,12-14,23,26,29H,10-11H2,1H3,(H,27,28). The average molecular weight is 448 g/mol. The third-order valence-corrected chi connectivity index (χ3v) is 6.13. The van der Waals surface area contributed by atoms with Crippen molar-refractivity contribution < 1.29 is 4.79 Å². The van der Waals surface area contributed by atoms with Gasteiger partial charge in [0, 0.05) is 30.4 Å². The zero-order valence-corrected chi connectivity index (χ0v) is 18.2. The summed E-state index contributed by atoms with van der Waals surface area (Å²) in [5.41, 5.74) is 1.89. The summed E-state index contributed by atoms with van der Waals surface area (Å²) < 4.78 is 1.67. The number of hydrogen-bond acceptors (Lipinski definition) is 6. The summed E-state index contributed by atoms with van der Waals surface area (Å²) in [5, 5.41) is 11.3. The molecule has 162 valence electrons. The Labute approximate surface area is 189 Å². The van der Waals surface area contributed by atoms with Gasteiger partial charge >= 0.3 is 0 Å². The van der Waals surface area contributed by atoms with Gasteiger partial charge in [-0.2, -0.15) is 0 Å². The number of hydrogen-bond donors (Lipinski definition) is 3. The average Bonchev–Trinajstić information content (AvgIpc) is 2.79. The van der Waals surface area contributed by atoms with Crippen molar-refractivity contribution in [1.82, 2.24) is 20.5 Å². The first-order chi connectivity index (χ1) is 15.5. The summed E-state index contributed by atoms with van der Waals surface area (Å²) in [6.45, 7) is 2.56. The van der Waals surface area contributed by atoms with Crippen LogP contribution in [-0.4, -0.2) is 29.4 Å². The Morgan fingerprint density at radius 3 is 2.78 bits per heavy atom. The number of ketones is 1. The molecule has 1 aromatic heterocycles. The second-order valence-electron chi connectivity index (χ2n) is 7.85. The fraction of sp³-hybridized carbons (Fsp3) is 0.208. The normalized spacial score (nSPS) is 18.8. The van der Waals surface area contributed by atoms with E-state index in [0.717, 1.165) is 16.8 Å². The highest BCUT2D eigenvalue weighted by Gasteiger charge is 2.31. The lowest BCUT2D eigenvalue weighted by Crippen LogP contribution is -2.46. The molecule has 0 bridgehead atoms. The van der Waals surface area contributed by atoms with Gasteiger partial charge in [-0.3, -0.25) is 24.5 Å². The van der Waals surface area contributed by atoms with Gasteiger partial charge in [-0.25, -0.2) is 0 Å². The molecule has 0 aliphatic carbocycles. The number of pyridine rings is 1. The molecular weight excluding hydrogens is 426 g/mol. The van der Waals surface area contributed by atoms with Crippen molar-refractivity contribution in [3.63, 3.8) is 0 Å². The molecule has 32 heavy (non-hydrogen) atoms. The first kappa shape index (κ1) is 20.5. The maximum Gasteiger partial charge on any atom is 0.264 e. The summed E-state index contributed by atoms with van der Waals surface area (Å²) in [5.74, 6) is 0.741. The number of nitrogens with zero attached hydrogens (tertiary/aromatic N) is 2. The molecule has 2 unspecified atom stereocenters. The van der Waals surface area contributed by atoms with Crippen LogP contribution in [0.2, 0.25) is 5.02 Å². The molecule has 0 spiro atoms. The minimum atomic E-state index is -0.518. The molecule has 2 atom stereocenters. The molecule has 2 aromatic carbocycles. The second kappa shape index (κ2) is 8.26. The molecule has 3 N–H and O–H groups in total. The van der Waals surface area contributed by atoms with Gasteiger partial charge in [0.1, 0.15) is 12.0 Å². The van der Waals surface area contributed by atoms with Crippen molar-refractivity contribution in [2.24, 2.45) is 4.99 Å². The minimum absolute atomic E-state index is 0.0542. The topological polar surface area (TPSA) is 87.5 Å². The van der Waals surface area contributed by atoms with Crippen LogP contribution >= 0.6 is 11.6 Å². The van der Waals surface area contributed by atoms with Crippen LogP contribution in [0.1, 0.15) is 25.1 Å². The van der Waals surface area contributed by atoms with Crippen LogP contribution in [0.15, 0.2) is 75.8 Å². The van der Waals surface area contributed by atoms with Gasteiger partial charge < -0.3 is 10.6 Å². The lowest BCUT2D eigenvalue weighted by atomic mass is 10.0. The zero-order valence-electron chi connectivity index (χ0n) is 17.4. The van der Waals surface area contributed by atoms with Gasteiger partial charge in [-0.05, 0) is 36.6 Å². The first-order valence-corrected chi connectivity index (χ1v) is 10.9. The van der Waals surface area contributed by atoms with E-state index in [9.17, 15) is 9.59 Å². The maximum absolute atomic E-state index is 13.6. The van der Waals surface area contributed by atoms with Gasteiger partial charge in [0.15, 0.2) is 5.78 Å². The van der Waals surface area contributed by atoms with Crippen LogP contribution in [0.3, 0.4) is 0 Å². The Bertz CT molecular complexity index is 1330. The summed E-state index contributed by atoms with van der Waals surface area (Å²) in [4.78, 5) is 30.6. The van der Waals surface area contributed by atoms with Crippen LogP contribution < -0.4 is 21.5 Å². The van der Waals surface area contributed by atoms with E-state index < -0.39 is 6.17 Å². The van der Waals surface area contributed by atoms with Crippen LogP contribution in [0.4, 0.5) is 0 Å². The van der Waals surface area contributed by atoms with Crippen molar-refractivity contribution in [1.29, 1.82) is 0 Å². The number of rotatable bonds is 4. The van der Waals surface area contributed by atoms with E-state index in [1.807, 2.05) is 55.5 Å². The molecule has 2 aliphatic rings. The predicted octanol–water partition coefficient (Wildman–Crippen LogP) is 3.03. The Morgan fingerprint density at radius 2 is 1.97 bits per heavy atom. The third kappa shape index (κ3) is 3.49. The van der Waals surface area contributed by atoms with E-state index in [4.69, 9.17) is 11.6 Å². The quantitative estimate of drug-likeness (QED) is 0.572. The monoisotopic (exact) mass is 447 g/mol. The Balaban J connectivity index is 1.63. The molecule has 0 radical (unpaired) electrons. The molecule has 3 aromatic rings. The Hall–Kier alpha value is -3.42. The SMILES string of the molecule is CC(NC1N=CNC2=C1C(=O)CCN2)c1cc2cccc(Cl)c2c(=O)n1-c1ccccc1. The van der Waals surface area contributed by atoms with Crippen molar-refractivity contribution >= 4 is 34.5 Å². The molecular formula is C24H22ClN5O2. The molecule has 0 amide bonds. The van der Waals surface area contributed by atoms with Crippen molar-refractivity contribution in [2.75, 3.05) is 6.54 Å². The number of carbonyl (C=O) groups is 1. The van der Waals surface area contributed by atoms with Crippen molar-refractivity contribution in [3.8, 4) is 5.69 Å². The van der Waals surface area contributed by atoms with E-state index in [1.54, 1.807) is 17.0 Å². The van der Waals surface area contributed by atoms with Gasteiger partial charge in [0.05, 0.1) is 22.3 Å². The predicted molar refractivity (Wildman–Crippen MR) is 126 cm³/mol. The van der Waals surface area contributed by atoms with Crippen molar-refractivity contribution in [3.05, 3.63) is 87.1 Å². The number of aliphatic imine (C=N–C) groups is 1. The van der Waals surface area contributed by atoms with E-state index in [-0.39, 0.29) is 17.4 Å². The van der Waals surface area contributed by atoms with E-state index in [2.05, 4.69) is 20.9 Å². The molecule has 0 fully saturated rings. The van der Waals surface area contributed by atoms with E-state index >= 15 is 0 Å². The third-order valence-electron chi connectivity index (χ3n) is 5.82. The fourth-order valence-electron chi connectivity index (χ4n) is 4.29. The lowest BCUT2D eigenvalue weighted by molar-refractivity contribution is -0.116. The van der Waals surface area contributed by atoms with Gasteiger partial charge in [0.2, 0.25) is 0 Å². The fourth-order valence-corrected chi connectivity index (χ4v) is 4.55. The molecule has 0 saturated heterocycles. The molecule has 5 rings (SSSR count). The summed E-state index contributed by atoms with van der Waals surface area (Å²) in [6, 6.07) is 16.6. The largest absolute Gasteiger partial charge is 0.371 e. The van der Waals surface area contributed by atoms with Crippen LogP contribution in [0.25, 0.3) is 16.5 Å². The minimum Gasteiger partial charge on any atom is -0.371 e. The molecule has 8 heteroatoms. The lowest BCUT2D eigenvalue weighted by Gasteiger charge is -2.31. The van der Waals surface area contributed by atoms with E-state index in [1.165, 1.54) is 0 Å². The summed E-state index contributed by atoms with van der Waals surface area (Å²) in [6.07, 6.45) is 1.49. The number of aromatic nitrogens is 1. The second-order valence-corrected chi connectivity index (χ2v) is 8.26. The first-order valence-electron chi connectivity index (χ1n) is 10.5. The number of halogens is 1. The van der Waals surface area contributed by atoms with Crippen LogP contribution in [0, 0.1) is 0 Å². The summed E-state index contributed by atoms with van der Waals surface area (Å²) >= 11 is 6.40. The highest BCUT2D eigenvalue weighted by Crippen LogP contribution is 2.27. The van der Waals surface area contributed by atoms with Crippen molar-refractivity contribution in [2.45, 2.75) is 25.6 Å². The number of Topliss-reactive ketones (excluding diaryl/α,β-unsaturated/α-hetero) is 1. The molecule has 0 saturated carbocycles. The number of para-hydroxylation sites is 1. The Morgan fingerprint density at radius 1 is 1.16 bits per heavy atom. The Kier molecular flexibility index (Phi) is 5.28. The smallest absolute Gasteiger partial charge is 0.264 e. The highest BCUT2D eigenvalue weighted by atomic mass is 35.5. The van der Waals surface area contributed by atoms with E-state index in [0.29, 0.717) is 34.8 Å². The van der Waals surface area contributed by atoms with Gasteiger partial charge in [0.25, 0.3) is 5.56 Å². The number of fused-ring (bicyclic) bond motifs is 1. The maximum atomic E-state index is 13.6. The summed E-state index contributed by atoms with van der Waals surface area (Å²) in [7, 11) is 0. The highest BCUT2D eigenvalue weighted by molar-refractivity contribution is 6.35. The van der Waals surface area contributed by atoms with Gasteiger partial charge in [-0.15, -0.1) is 0 Å². The van der Waals surface area contributed by atoms with Crippen LogP contribution in [-0.2, 0) is 4.79 Å². The van der Waals surface area contributed by atoms with Crippen LogP contribution in [0.5, 0.6) is 0 Å². The van der Waals surface area contributed by atoms with Gasteiger partial charge in [-0.1, -0.05) is 41.9 Å². The molecule has 3 heterocycles. The number of carbonyl (C=O) groups excluding carboxylic acids is 1. The molecule has 7 nitrogen and oxygen atoms in total. The zero-order chi connectivity index (χ0) is 22.2. The number of nitrogens with one attached hydrogen (secondary N) is 3. The molecule has 2 aliphatic heterocycles. The number of benzene rings is 2.